The summed E-state index contributed by atoms with van der Waals surface area (Å²) >= 11 is 0. The molecular formula is C25H30O3. The van der Waals surface area contributed by atoms with Crippen LogP contribution in [0.1, 0.15) is 62.8 Å². The molecule has 0 fully saturated rings. The number of aliphatic carboxylic acids is 1. The number of methoxy groups -OCH3 is 1. The van der Waals surface area contributed by atoms with E-state index in [1.165, 1.54) is 23.1 Å². The Morgan fingerprint density at radius 1 is 1.00 bits per heavy atom. The topological polar surface area (TPSA) is 46.5 Å². The Hall–Kier alpha value is -2.55. The van der Waals surface area contributed by atoms with Gasteiger partial charge in [-0.25, -0.2) is 4.79 Å². The molecule has 3 heteroatoms. The minimum atomic E-state index is -0.952. The van der Waals surface area contributed by atoms with Crippen LogP contribution in [-0.4, -0.2) is 18.2 Å². The van der Waals surface area contributed by atoms with E-state index in [2.05, 4.69) is 46.8 Å². The lowest BCUT2D eigenvalue weighted by atomic mass is 9.62. The standard InChI is InChI=1S/C25H30O3/c1-16-13-20-21(25(4,5)12-11-24(20,2)3)15-18(16)19-14-17(8-10-23(26)27)7-9-22(19)28-6/h7-10,13-15H,11-12H2,1-6H3,(H,26,27). The number of ether oxygens (including phenoxy) is 1. The molecule has 0 bridgehead atoms. The van der Waals surface area contributed by atoms with Gasteiger partial charge in [0.1, 0.15) is 5.75 Å². The highest BCUT2D eigenvalue weighted by atomic mass is 16.5. The van der Waals surface area contributed by atoms with Crippen molar-refractivity contribution in [3.05, 3.63) is 58.7 Å². The second-order valence-electron chi connectivity index (χ2n) is 9.11. The number of hydrogen-bond donors (Lipinski definition) is 1. The van der Waals surface area contributed by atoms with E-state index < -0.39 is 5.97 Å². The van der Waals surface area contributed by atoms with E-state index in [1.54, 1.807) is 13.2 Å². The molecule has 3 nitrogen and oxygen atoms in total. The molecule has 0 unspecified atom stereocenters. The van der Waals surface area contributed by atoms with Gasteiger partial charge in [0, 0.05) is 11.6 Å². The Kier molecular flexibility index (Phi) is 5.14. The number of hydrogen-bond acceptors (Lipinski definition) is 2. The maximum atomic E-state index is 10.9. The number of rotatable bonds is 4. The Labute approximate surface area is 168 Å². The summed E-state index contributed by atoms with van der Waals surface area (Å²) in [6, 6.07) is 10.5. The first-order chi connectivity index (χ1) is 13.0. The lowest BCUT2D eigenvalue weighted by Gasteiger charge is -2.42. The normalized spacial score (nSPS) is 17.4. The lowest BCUT2D eigenvalue weighted by molar-refractivity contribution is -0.131. The van der Waals surface area contributed by atoms with Gasteiger partial charge in [-0.2, -0.15) is 0 Å². The number of carboxylic acids is 1. The van der Waals surface area contributed by atoms with Crippen molar-refractivity contribution in [3.63, 3.8) is 0 Å². The molecule has 0 heterocycles. The molecule has 3 rings (SSSR count). The highest BCUT2D eigenvalue weighted by Crippen LogP contribution is 2.48. The van der Waals surface area contributed by atoms with E-state index in [4.69, 9.17) is 9.84 Å². The highest BCUT2D eigenvalue weighted by molar-refractivity contribution is 5.86. The van der Waals surface area contributed by atoms with Gasteiger partial charge in [0.15, 0.2) is 0 Å². The largest absolute Gasteiger partial charge is 0.496 e. The van der Waals surface area contributed by atoms with Crippen LogP contribution in [0.3, 0.4) is 0 Å². The predicted molar refractivity (Wildman–Crippen MR) is 115 cm³/mol. The molecule has 0 amide bonds. The van der Waals surface area contributed by atoms with E-state index in [0.29, 0.717) is 0 Å². The van der Waals surface area contributed by atoms with E-state index >= 15 is 0 Å². The van der Waals surface area contributed by atoms with Gasteiger partial charge in [-0.05, 0) is 82.7 Å². The lowest BCUT2D eigenvalue weighted by Crippen LogP contribution is -2.34. The number of aryl methyl sites for hydroxylation is 1. The summed E-state index contributed by atoms with van der Waals surface area (Å²) in [6.45, 7) is 11.5. The summed E-state index contributed by atoms with van der Waals surface area (Å²) in [5, 5.41) is 8.93. The molecule has 1 aliphatic carbocycles. The van der Waals surface area contributed by atoms with Gasteiger partial charge in [-0.3, -0.25) is 0 Å². The number of benzene rings is 2. The van der Waals surface area contributed by atoms with Gasteiger partial charge in [0.25, 0.3) is 0 Å². The van der Waals surface area contributed by atoms with Crippen LogP contribution < -0.4 is 4.74 Å². The van der Waals surface area contributed by atoms with Crippen molar-refractivity contribution in [2.75, 3.05) is 7.11 Å². The molecule has 0 atom stereocenters. The molecule has 28 heavy (non-hydrogen) atoms. The van der Waals surface area contributed by atoms with Crippen LogP contribution in [-0.2, 0) is 15.6 Å². The van der Waals surface area contributed by atoms with E-state index in [9.17, 15) is 4.79 Å². The summed E-state index contributed by atoms with van der Waals surface area (Å²) in [7, 11) is 1.67. The molecule has 2 aromatic carbocycles. The minimum absolute atomic E-state index is 0.126. The van der Waals surface area contributed by atoms with Crippen molar-refractivity contribution >= 4 is 12.0 Å². The second-order valence-corrected chi connectivity index (χ2v) is 9.11. The van der Waals surface area contributed by atoms with Crippen LogP contribution in [0.5, 0.6) is 5.75 Å². The van der Waals surface area contributed by atoms with E-state index in [-0.39, 0.29) is 10.8 Å². The summed E-state index contributed by atoms with van der Waals surface area (Å²) in [5.74, 6) is -0.158. The summed E-state index contributed by atoms with van der Waals surface area (Å²) in [6.07, 6.45) is 5.13. The zero-order valence-corrected chi connectivity index (χ0v) is 17.7. The molecule has 0 radical (unpaired) electrons. The Bertz CT molecular complexity index is 949. The van der Waals surface area contributed by atoms with Crippen LogP contribution >= 0.6 is 0 Å². The van der Waals surface area contributed by atoms with Crippen molar-refractivity contribution < 1.29 is 14.6 Å². The molecule has 0 aromatic heterocycles. The minimum Gasteiger partial charge on any atom is -0.496 e. The molecule has 0 aliphatic heterocycles. The molecule has 2 aromatic rings. The SMILES string of the molecule is COc1ccc(C=CC(=O)O)cc1-c1cc2c(cc1C)C(C)(C)CCC2(C)C. The summed E-state index contributed by atoms with van der Waals surface area (Å²) < 4.78 is 5.63. The van der Waals surface area contributed by atoms with Crippen LogP contribution in [0.15, 0.2) is 36.4 Å². The van der Waals surface area contributed by atoms with Crippen molar-refractivity contribution in [2.24, 2.45) is 0 Å². The van der Waals surface area contributed by atoms with Crippen LogP contribution in [0, 0.1) is 6.92 Å². The Balaban J connectivity index is 2.22. The predicted octanol–water partition coefficient (Wildman–Crippen LogP) is 6.12. The average molecular weight is 379 g/mol. The van der Waals surface area contributed by atoms with Gasteiger partial charge in [-0.15, -0.1) is 0 Å². The fraction of sp³-hybridized carbons (Fsp3) is 0.400. The molecule has 0 spiro atoms. The van der Waals surface area contributed by atoms with Crippen molar-refractivity contribution in [1.82, 2.24) is 0 Å². The van der Waals surface area contributed by atoms with Gasteiger partial charge < -0.3 is 9.84 Å². The molecular weight excluding hydrogens is 348 g/mol. The average Bonchev–Trinajstić information content (AvgIpc) is 2.63. The molecule has 1 N–H and O–H groups in total. The summed E-state index contributed by atoms with van der Waals surface area (Å²) in [5.41, 5.74) is 7.33. The van der Waals surface area contributed by atoms with Gasteiger partial charge in [0.05, 0.1) is 7.11 Å². The smallest absolute Gasteiger partial charge is 0.328 e. The first-order valence-corrected chi connectivity index (χ1v) is 9.80. The van der Waals surface area contributed by atoms with Gasteiger partial charge >= 0.3 is 5.97 Å². The molecule has 148 valence electrons. The molecule has 0 saturated carbocycles. The fourth-order valence-electron chi connectivity index (χ4n) is 4.22. The highest BCUT2D eigenvalue weighted by Gasteiger charge is 2.37. The maximum absolute atomic E-state index is 10.9. The molecule has 0 saturated heterocycles. The second kappa shape index (κ2) is 7.12. The van der Waals surface area contributed by atoms with Crippen molar-refractivity contribution in [1.29, 1.82) is 0 Å². The van der Waals surface area contributed by atoms with Crippen LogP contribution in [0.4, 0.5) is 0 Å². The fourth-order valence-corrected chi connectivity index (χ4v) is 4.22. The van der Waals surface area contributed by atoms with Crippen molar-refractivity contribution in [3.8, 4) is 16.9 Å². The first-order valence-electron chi connectivity index (χ1n) is 9.80. The summed E-state index contributed by atoms with van der Waals surface area (Å²) in [4.78, 5) is 10.9. The van der Waals surface area contributed by atoms with Gasteiger partial charge in [-0.1, -0.05) is 39.8 Å². The third-order valence-electron chi connectivity index (χ3n) is 6.13. The Morgan fingerprint density at radius 2 is 1.61 bits per heavy atom. The quantitative estimate of drug-likeness (QED) is 0.652. The third kappa shape index (κ3) is 3.71. The van der Waals surface area contributed by atoms with E-state index in [0.717, 1.165) is 34.9 Å². The van der Waals surface area contributed by atoms with Crippen LogP contribution in [0.2, 0.25) is 0 Å². The number of fused-ring (bicyclic) bond motifs is 1. The number of carbonyl (C=O) groups is 1. The number of carboxylic acid groups (broad SMARTS) is 1. The Morgan fingerprint density at radius 3 is 2.18 bits per heavy atom. The third-order valence-corrected chi connectivity index (χ3v) is 6.13. The zero-order chi connectivity index (χ0) is 20.7. The van der Waals surface area contributed by atoms with Crippen LogP contribution in [0.25, 0.3) is 17.2 Å². The van der Waals surface area contributed by atoms with E-state index in [1.807, 2.05) is 18.2 Å². The first kappa shape index (κ1) is 20.2. The zero-order valence-electron chi connectivity index (χ0n) is 17.7. The van der Waals surface area contributed by atoms with Gasteiger partial charge in [0.2, 0.25) is 0 Å². The molecule has 1 aliphatic rings. The maximum Gasteiger partial charge on any atom is 0.328 e. The monoisotopic (exact) mass is 378 g/mol. The van der Waals surface area contributed by atoms with Crippen molar-refractivity contribution in [2.45, 2.75) is 58.3 Å².